The van der Waals surface area contributed by atoms with Crippen molar-refractivity contribution in [3.8, 4) is 0 Å². The fourth-order valence-corrected chi connectivity index (χ4v) is 11.7. The van der Waals surface area contributed by atoms with Crippen molar-refractivity contribution < 1.29 is 77.9 Å². The number of rotatable bonds is 17. The van der Waals surface area contributed by atoms with E-state index >= 15 is 0 Å². The zero-order valence-corrected chi connectivity index (χ0v) is 46.6. The molecule has 18 atom stereocenters. The number of ether oxygens (including phenoxy) is 7. The number of fused-ring (bicyclic) bond motifs is 1. The van der Waals surface area contributed by atoms with Crippen molar-refractivity contribution >= 4 is 40.3 Å². The lowest BCUT2D eigenvalue weighted by Gasteiger charge is -2.49. The van der Waals surface area contributed by atoms with Gasteiger partial charge in [0.2, 0.25) is 5.43 Å². The maximum absolute atomic E-state index is 14.5. The Labute approximate surface area is 446 Å². The molecular weight excluding hydrogens is 989 g/mol. The van der Waals surface area contributed by atoms with E-state index in [4.69, 9.17) is 33.2 Å². The summed E-state index contributed by atoms with van der Waals surface area (Å²) < 4.78 is 46.2. The molecule has 0 unspecified atom stereocenters. The van der Waals surface area contributed by atoms with Gasteiger partial charge in [-0.15, -0.1) is 0 Å². The third kappa shape index (κ3) is 13.6. The highest BCUT2D eigenvalue weighted by atomic mass is 16.7. The molecule has 428 valence electrons. The fraction of sp³-hybridized carbons (Fsp3) is 0.764. The number of anilines is 1. The van der Waals surface area contributed by atoms with E-state index in [2.05, 4.69) is 10.6 Å². The second-order valence-electron chi connectivity index (χ2n) is 22.9. The molecule has 21 heteroatoms. The number of carbonyl (C=O) groups excluding carboxylic acids is 3. The second kappa shape index (κ2) is 24.9. The van der Waals surface area contributed by atoms with Crippen molar-refractivity contribution in [2.75, 3.05) is 46.2 Å². The number of nitrogens with one attached hydrogen (secondary N) is 2. The Balaban J connectivity index is 1.17. The van der Waals surface area contributed by atoms with Crippen LogP contribution in [0, 0.1) is 23.7 Å². The minimum atomic E-state index is -2.06. The van der Waals surface area contributed by atoms with Crippen LogP contribution in [-0.4, -0.2) is 184 Å². The van der Waals surface area contributed by atoms with Crippen LogP contribution in [0.15, 0.2) is 29.2 Å². The number of carboxylic acids is 1. The van der Waals surface area contributed by atoms with Crippen LogP contribution in [-0.2, 0) is 47.5 Å². The maximum Gasteiger partial charge on any atom is 0.341 e. The summed E-state index contributed by atoms with van der Waals surface area (Å²) in [6.07, 6.45) is -7.32. The lowest BCUT2D eigenvalue weighted by molar-refractivity contribution is -0.318. The van der Waals surface area contributed by atoms with E-state index in [1.807, 2.05) is 36.6 Å². The molecule has 6 rings (SSSR count). The molecule has 2 aromatic rings. The number of nitrogens with zero attached hydrogens (tertiary/aromatic N) is 2. The van der Waals surface area contributed by atoms with Crippen LogP contribution in [0.25, 0.3) is 10.9 Å². The summed E-state index contributed by atoms with van der Waals surface area (Å²) in [4.78, 5) is 68.5. The predicted molar refractivity (Wildman–Crippen MR) is 280 cm³/mol. The molecule has 76 heavy (non-hydrogen) atoms. The van der Waals surface area contributed by atoms with Crippen LogP contribution < -0.4 is 16.1 Å². The molecule has 0 spiro atoms. The molecule has 4 heterocycles. The van der Waals surface area contributed by atoms with Gasteiger partial charge in [-0.2, -0.15) is 0 Å². The Morgan fingerprint density at radius 1 is 0.908 bits per heavy atom. The monoisotopic (exact) mass is 1070 g/mol. The highest BCUT2D eigenvalue weighted by molar-refractivity contribution is 5.93. The van der Waals surface area contributed by atoms with Gasteiger partial charge in [-0.1, -0.05) is 27.7 Å². The number of carbonyl (C=O) groups is 4. The highest BCUT2D eigenvalue weighted by Gasteiger charge is 2.54. The summed E-state index contributed by atoms with van der Waals surface area (Å²) in [5.41, 5.74) is -4.47. The summed E-state index contributed by atoms with van der Waals surface area (Å²) in [5, 5.41) is 64.1. The molecule has 1 aliphatic carbocycles. The number of aromatic nitrogens is 1. The fourth-order valence-electron chi connectivity index (χ4n) is 11.7. The van der Waals surface area contributed by atoms with E-state index in [-0.39, 0.29) is 56.0 Å². The molecule has 0 radical (unpaired) electrons. The van der Waals surface area contributed by atoms with Crippen LogP contribution in [0.1, 0.15) is 131 Å². The number of pyridine rings is 1. The van der Waals surface area contributed by atoms with Gasteiger partial charge in [0.25, 0.3) is 0 Å². The summed E-state index contributed by atoms with van der Waals surface area (Å²) in [6.45, 7) is 17.5. The molecule has 3 saturated heterocycles. The number of aliphatic hydroxyl groups is 4. The molecule has 21 nitrogen and oxygen atoms in total. The maximum atomic E-state index is 14.5. The normalized spacial score (nSPS) is 38.1. The lowest BCUT2D eigenvalue weighted by atomic mass is 9.74. The van der Waals surface area contributed by atoms with Crippen molar-refractivity contribution in [1.29, 1.82) is 0 Å². The van der Waals surface area contributed by atoms with Gasteiger partial charge in [-0.25, -0.2) is 4.79 Å². The number of aliphatic hydroxyl groups excluding tert-OH is 2. The number of benzene rings is 1. The Bertz CT molecular complexity index is 2410. The summed E-state index contributed by atoms with van der Waals surface area (Å²) in [6, 6.07) is 4.99. The Hall–Kier alpha value is -4.13. The molecule has 0 bridgehead atoms. The standard InChI is InChI=1S/C55H86N4O17/c1-14-40-55(10,69)47(64)30(4)43(61)28(2)25-53(8,68)48(76-52-45(63)39(58(11)12)23-29(3)71-52)31(5)46(32(6)51(67)73-40)75-42-26-54(9,70-13)49(33(7)72-42)74-41(60)19-20-56-21-22-57-34-15-18-36-38(24-34)59(35-16-17-35)27-37(44(36)62)50(65)66/h15,18,24,27-33,35,39-40,42,45-49,52,56-57,63-64,68-69H,14,16-17,19-23,25-26H2,1-13H3,(H,65,66)/t28-,29-,30+,31+,32-,33+,39+,40-,42+,45-,46+,47-,48-,49+,52+,53-,54-,55-/m1/s1. The molecule has 1 aromatic carbocycles. The molecule has 1 saturated carbocycles. The number of Topliss-reactive ketones (excluding diaryl/α,β-unsaturated/α-hetero) is 1. The number of methoxy groups -OCH3 is 1. The minimum absolute atomic E-state index is 0.00326. The van der Waals surface area contributed by atoms with Crippen molar-refractivity contribution in [3.63, 3.8) is 0 Å². The molecule has 7 N–H and O–H groups in total. The molecule has 4 fully saturated rings. The number of carboxylic acid groups (broad SMARTS) is 1. The zero-order valence-electron chi connectivity index (χ0n) is 46.6. The zero-order chi connectivity index (χ0) is 56.4. The average molecular weight is 1080 g/mol. The Morgan fingerprint density at radius 2 is 1.59 bits per heavy atom. The van der Waals surface area contributed by atoms with E-state index < -0.39 is 125 Å². The average Bonchev–Trinajstić information content (AvgIpc) is 4.21. The minimum Gasteiger partial charge on any atom is -0.477 e. The third-order valence-corrected chi connectivity index (χ3v) is 16.4. The van der Waals surface area contributed by atoms with Crippen LogP contribution in [0.4, 0.5) is 5.69 Å². The van der Waals surface area contributed by atoms with Crippen LogP contribution in [0.3, 0.4) is 0 Å². The van der Waals surface area contributed by atoms with Crippen LogP contribution in [0.2, 0.25) is 0 Å². The van der Waals surface area contributed by atoms with Gasteiger partial charge in [0.15, 0.2) is 18.7 Å². The smallest absolute Gasteiger partial charge is 0.341 e. The summed E-state index contributed by atoms with van der Waals surface area (Å²) >= 11 is 0. The van der Waals surface area contributed by atoms with Crippen LogP contribution >= 0.6 is 0 Å². The van der Waals surface area contributed by atoms with Gasteiger partial charge in [0.1, 0.15) is 34.8 Å². The van der Waals surface area contributed by atoms with E-state index in [9.17, 15) is 49.5 Å². The van der Waals surface area contributed by atoms with E-state index in [1.54, 1.807) is 53.7 Å². The van der Waals surface area contributed by atoms with E-state index in [0.29, 0.717) is 30.4 Å². The van der Waals surface area contributed by atoms with E-state index in [0.717, 1.165) is 18.5 Å². The number of aromatic carboxylic acids is 1. The van der Waals surface area contributed by atoms with Crippen molar-refractivity contribution in [3.05, 3.63) is 40.2 Å². The van der Waals surface area contributed by atoms with Crippen molar-refractivity contribution in [2.45, 2.75) is 204 Å². The molecular formula is C55H86N4O17. The first-order valence-electron chi connectivity index (χ1n) is 27.0. The second-order valence-corrected chi connectivity index (χ2v) is 22.9. The number of esters is 2. The first kappa shape index (κ1) is 61.1. The first-order chi connectivity index (χ1) is 35.6. The molecule has 1 aromatic heterocycles. The van der Waals surface area contributed by atoms with Gasteiger partial charge >= 0.3 is 17.9 Å². The van der Waals surface area contributed by atoms with E-state index in [1.165, 1.54) is 34.1 Å². The number of ketones is 1. The number of hydrogen-bond acceptors (Lipinski definition) is 19. The molecule has 0 amide bonds. The lowest BCUT2D eigenvalue weighted by Crippen LogP contribution is -2.61. The van der Waals surface area contributed by atoms with Gasteiger partial charge in [0, 0.05) is 80.3 Å². The number of cyclic esters (lactones) is 1. The Morgan fingerprint density at radius 3 is 2.21 bits per heavy atom. The predicted octanol–water partition coefficient (Wildman–Crippen LogP) is 3.78. The van der Waals surface area contributed by atoms with Gasteiger partial charge < -0.3 is 78.8 Å². The molecule has 4 aliphatic rings. The SMILES string of the molecule is CC[C@H]1OC(=O)[C@H](C)[C@@H](O[C@H]2C[C@@](C)(OC)[C@@H](OC(=O)CCNCCNc3ccc4c(=O)c(C(=O)O)cn(C5CC5)c4c3)[C@H](C)O2)[C@H](C)[C@@H](O[C@@H]2O[C@H](C)C[C@H](N(C)C)[C@H]2O)[C@](C)(O)C[C@@H](C)C(=O)[C@H](C)[C@@H](O)[C@]1(C)O. The largest absolute Gasteiger partial charge is 0.477 e. The quantitative estimate of drug-likeness (QED) is 0.0877. The van der Waals surface area contributed by atoms with Crippen molar-refractivity contribution in [1.82, 2.24) is 14.8 Å². The molecule has 3 aliphatic heterocycles. The first-order valence-corrected chi connectivity index (χ1v) is 27.0. The van der Waals surface area contributed by atoms with Crippen LogP contribution in [0.5, 0.6) is 0 Å². The number of hydrogen-bond donors (Lipinski definition) is 7. The summed E-state index contributed by atoms with van der Waals surface area (Å²) in [7, 11) is 5.15. The Kier molecular flexibility index (Phi) is 20.0. The topological polar surface area (TPSA) is 283 Å². The number of likely N-dealkylation sites (N-methyl/N-ethyl adjacent to an activating group) is 1. The van der Waals surface area contributed by atoms with Gasteiger partial charge in [-0.05, 0) is 106 Å². The third-order valence-electron chi connectivity index (χ3n) is 16.4. The highest BCUT2D eigenvalue weighted by Crippen LogP contribution is 2.42. The van der Waals surface area contributed by atoms with Gasteiger partial charge in [-0.3, -0.25) is 19.2 Å². The van der Waals surface area contributed by atoms with Crippen molar-refractivity contribution in [2.24, 2.45) is 23.7 Å². The summed E-state index contributed by atoms with van der Waals surface area (Å²) in [5.74, 6) is -7.11. The van der Waals surface area contributed by atoms with Gasteiger partial charge in [0.05, 0.1) is 54.0 Å².